The van der Waals surface area contributed by atoms with Crippen LogP contribution in [-0.4, -0.2) is 31.4 Å². The molecule has 9 nitrogen and oxygen atoms in total. The number of amides is 2. The van der Waals surface area contributed by atoms with E-state index < -0.39 is 41.2 Å². The van der Waals surface area contributed by atoms with Gasteiger partial charge < -0.3 is 15.5 Å². The Morgan fingerprint density at radius 1 is 1.07 bits per heavy atom. The Hall–Kier alpha value is -4.47. The number of hydrogen-bond acceptors (Lipinski definition) is 7. The normalized spacial score (nSPS) is 14.2. The monoisotopic (exact) mass is 580 g/mol. The fourth-order valence-corrected chi connectivity index (χ4v) is 5.24. The highest BCUT2D eigenvalue weighted by atomic mass is 32.1. The molecule has 16 heteroatoms. The van der Waals surface area contributed by atoms with E-state index in [4.69, 9.17) is 10.2 Å². The van der Waals surface area contributed by atoms with Crippen molar-refractivity contribution in [3.8, 4) is 11.3 Å². The SMILES string of the molecule is NC(=O)c1sc2nc(C(F)(F)F)cc(-c3ccco3)c2c1NC(=O)c1cc2nc(C3CC3)cc(C(F)(F)F)n2n1. The summed E-state index contributed by atoms with van der Waals surface area (Å²) in [6, 6.07) is 5.41. The molecule has 0 saturated heterocycles. The Morgan fingerprint density at radius 3 is 2.42 bits per heavy atom. The summed E-state index contributed by atoms with van der Waals surface area (Å²) in [5.41, 5.74) is 2.14. The number of nitrogens with one attached hydrogen (secondary N) is 1. The second kappa shape index (κ2) is 8.77. The number of fused-ring (bicyclic) bond motifs is 2. The molecule has 1 fully saturated rings. The Balaban J connectivity index is 1.49. The van der Waals surface area contributed by atoms with Crippen LogP contribution in [0.1, 0.15) is 56.0 Å². The van der Waals surface area contributed by atoms with E-state index in [-0.39, 0.29) is 49.4 Å². The van der Waals surface area contributed by atoms with Crippen molar-refractivity contribution < 1.29 is 40.3 Å². The van der Waals surface area contributed by atoms with E-state index in [0.717, 1.165) is 12.1 Å². The van der Waals surface area contributed by atoms with E-state index in [1.165, 1.54) is 18.4 Å². The number of nitrogens with two attached hydrogens (primary N) is 1. The predicted molar refractivity (Wildman–Crippen MR) is 129 cm³/mol. The van der Waals surface area contributed by atoms with Crippen molar-refractivity contribution in [2.45, 2.75) is 31.1 Å². The van der Waals surface area contributed by atoms with Crippen LogP contribution in [0.3, 0.4) is 0 Å². The van der Waals surface area contributed by atoms with Gasteiger partial charge in [0.2, 0.25) is 0 Å². The molecule has 40 heavy (non-hydrogen) atoms. The maximum absolute atomic E-state index is 13.8. The predicted octanol–water partition coefficient (Wildman–Crippen LogP) is 5.87. The minimum absolute atomic E-state index is 0.0263. The molecule has 1 saturated carbocycles. The van der Waals surface area contributed by atoms with Gasteiger partial charge >= 0.3 is 12.4 Å². The van der Waals surface area contributed by atoms with Crippen LogP contribution in [0, 0.1) is 0 Å². The van der Waals surface area contributed by atoms with Crippen molar-refractivity contribution in [1.82, 2.24) is 19.6 Å². The number of hydrogen-bond donors (Lipinski definition) is 2. The molecule has 2 amide bonds. The summed E-state index contributed by atoms with van der Waals surface area (Å²) in [5, 5.41) is 6.08. The van der Waals surface area contributed by atoms with Crippen LogP contribution in [-0.2, 0) is 12.4 Å². The molecular weight excluding hydrogens is 566 g/mol. The number of pyridine rings is 1. The molecule has 5 heterocycles. The third-order valence-corrected chi connectivity index (χ3v) is 7.27. The third-order valence-electron chi connectivity index (χ3n) is 6.17. The summed E-state index contributed by atoms with van der Waals surface area (Å²) in [6.45, 7) is 0. The van der Waals surface area contributed by atoms with Crippen molar-refractivity contribution in [2.75, 3.05) is 5.32 Å². The molecule has 1 aliphatic carbocycles. The minimum atomic E-state index is -4.85. The van der Waals surface area contributed by atoms with Crippen LogP contribution in [0.5, 0.6) is 0 Å². The van der Waals surface area contributed by atoms with Crippen molar-refractivity contribution in [2.24, 2.45) is 5.73 Å². The van der Waals surface area contributed by atoms with Crippen molar-refractivity contribution in [1.29, 1.82) is 0 Å². The second-order valence-electron chi connectivity index (χ2n) is 8.97. The van der Waals surface area contributed by atoms with Crippen LogP contribution in [0.25, 0.3) is 27.2 Å². The number of thiophene rings is 1. The Labute approximate surface area is 222 Å². The molecule has 1 aliphatic rings. The molecule has 0 aromatic carbocycles. The molecule has 206 valence electrons. The van der Waals surface area contributed by atoms with Gasteiger partial charge in [0.05, 0.1) is 12.0 Å². The molecule has 5 aromatic heterocycles. The zero-order chi connectivity index (χ0) is 28.6. The average molecular weight is 580 g/mol. The average Bonchev–Trinajstić information content (AvgIpc) is 3.26. The molecular formula is C24H14F6N6O3S. The number of aromatic nitrogens is 4. The Morgan fingerprint density at radius 2 is 1.82 bits per heavy atom. The summed E-state index contributed by atoms with van der Waals surface area (Å²) in [7, 11) is 0. The van der Waals surface area contributed by atoms with Crippen LogP contribution in [0.2, 0.25) is 0 Å². The fourth-order valence-electron chi connectivity index (χ4n) is 4.24. The zero-order valence-corrected chi connectivity index (χ0v) is 20.5. The van der Waals surface area contributed by atoms with Crippen LogP contribution in [0.15, 0.2) is 41.0 Å². The lowest BCUT2D eigenvalue weighted by Gasteiger charge is -2.11. The molecule has 6 rings (SSSR count). The summed E-state index contributed by atoms with van der Waals surface area (Å²) in [6.07, 6.45) is -7.06. The van der Waals surface area contributed by atoms with E-state index >= 15 is 0 Å². The number of furan rings is 1. The number of halogens is 6. The van der Waals surface area contributed by atoms with Crippen molar-refractivity contribution in [3.63, 3.8) is 0 Å². The fraction of sp³-hybridized carbons (Fsp3) is 0.208. The number of carbonyl (C=O) groups is 2. The van der Waals surface area contributed by atoms with E-state index in [1.54, 1.807) is 0 Å². The molecule has 0 atom stereocenters. The first-order valence-corrected chi connectivity index (χ1v) is 12.3. The number of nitrogens with zero attached hydrogens (tertiary/aromatic N) is 4. The Bertz CT molecular complexity index is 1820. The number of carbonyl (C=O) groups excluding carboxylic acids is 2. The number of alkyl halides is 6. The molecule has 3 N–H and O–H groups in total. The second-order valence-corrected chi connectivity index (χ2v) is 9.97. The number of anilines is 1. The zero-order valence-electron chi connectivity index (χ0n) is 19.7. The smallest absolute Gasteiger partial charge is 0.433 e. The molecule has 0 spiro atoms. The van der Waals surface area contributed by atoms with Gasteiger partial charge in [0.1, 0.15) is 26.9 Å². The number of rotatable bonds is 5. The quantitative estimate of drug-likeness (QED) is 0.251. The summed E-state index contributed by atoms with van der Waals surface area (Å²) in [4.78, 5) is 32.7. The van der Waals surface area contributed by atoms with E-state index in [2.05, 4.69) is 20.4 Å². The van der Waals surface area contributed by atoms with Crippen LogP contribution in [0.4, 0.5) is 32.0 Å². The molecule has 0 radical (unpaired) electrons. The van der Waals surface area contributed by atoms with E-state index in [9.17, 15) is 35.9 Å². The van der Waals surface area contributed by atoms with Gasteiger partial charge in [0.15, 0.2) is 11.3 Å². The topological polar surface area (TPSA) is 128 Å². The first-order chi connectivity index (χ1) is 18.8. The summed E-state index contributed by atoms with van der Waals surface area (Å²) < 4.78 is 87.9. The maximum Gasteiger partial charge on any atom is 0.433 e. The molecule has 0 bridgehead atoms. The standard InChI is InChI=1S/C24H14F6N6O3S/c25-23(26,27)14-6-10(13-2-1-5-39-13)17-18(19(20(31)37)40-22(17)33-14)34-21(38)12-8-16-32-11(9-3-4-9)7-15(24(28,29)30)36(16)35-12/h1-2,5-9H,3-4H2,(H2,31,37)(H,34,38). The largest absolute Gasteiger partial charge is 0.464 e. The third kappa shape index (κ3) is 4.43. The van der Waals surface area contributed by atoms with E-state index in [1.807, 2.05) is 0 Å². The maximum atomic E-state index is 13.8. The van der Waals surface area contributed by atoms with Crippen molar-refractivity contribution in [3.05, 3.63) is 64.2 Å². The van der Waals surface area contributed by atoms with Gasteiger partial charge in [-0.3, -0.25) is 9.59 Å². The summed E-state index contributed by atoms with van der Waals surface area (Å²) in [5.74, 6) is -2.29. The van der Waals surface area contributed by atoms with Gasteiger partial charge in [-0.25, -0.2) is 14.5 Å². The summed E-state index contributed by atoms with van der Waals surface area (Å²) >= 11 is 0.505. The highest BCUT2D eigenvalue weighted by molar-refractivity contribution is 7.21. The first kappa shape index (κ1) is 25.8. The van der Waals surface area contributed by atoms with E-state index in [0.29, 0.717) is 34.8 Å². The van der Waals surface area contributed by atoms with Gasteiger partial charge in [0, 0.05) is 28.6 Å². The first-order valence-electron chi connectivity index (χ1n) is 11.5. The highest BCUT2D eigenvalue weighted by Crippen LogP contribution is 2.44. The highest BCUT2D eigenvalue weighted by Gasteiger charge is 2.38. The Kier molecular flexibility index (Phi) is 5.65. The molecule has 5 aromatic rings. The van der Waals surface area contributed by atoms with Gasteiger partial charge in [0.25, 0.3) is 11.8 Å². The lowest BCUT2D eigenvalue weighted by atomic mass is 10.1. The van der Waals surface area contributed by atoms with Gasteiger partial charge in [-0.15, -0.1) is 11.3 Å². The van der Waals surface area contributed by atoms with Gasteiger partial charge in [-0.2, -0.15) is 31.4 Å². The molecule has 0 unspecified atom stereocenters. The minimum Gasteiger partial charge on any atom is -0.464 e. The lowest BCUT2D eigenvalue weighted by molar-refractivity contribution is -0.143. The van der Waals surface area contributed by atoms with Gasteiger partial charge in [-0.1, -0.05) is 0 Å². The number of primary amides is 1. The lowest BCUT2D eigenvalue weighted by Crippen LogP contribution is -2.18. The van der Waals surface area contributed by atoms with Crippen LogP contribution < -0.4 is 11.1 Å². The molecule has 0 aliphatic heterocycles. The van der Waals surface area contributed by atoms with Crippen molar-refractivity contribution >= 4 is 44.7 Å². The van der Waals surface area contributed by atoms with Crippen LogP contribution >= 0.6 is 11.3 Å². The van der Waals surface area contributed by atoms with Gasteiger partial charge in [-0.05, 0) is 37.1 Å².